The van der Waals surface area contributed by atoms with E-state index in [1.165, 1.54) is 186 Å². The summed E-state index contributed by atoms with van der Waals surface area (Å²) in [6, 6.07) is 79.7. The monoisotopic (exact) mass is 1130 g/mol. The van der Waals surface area contributed by atoms with E-state index in [1.54, 1.807) is 0 Å². The lowest BCUT2D eigenvalue weighted by Gasteiger charge is -2.45. The maximum atomic E-state index is 8.03. The zero-order chi connectivity index (χ0) is 58.5. The van der Waals surface area contributed by atoms with Crippen molar-refractivity contribution in [2.75, 3.05) is 4.90 Å². The van der Waals surface area contributed by atoms with Crippen molar-refractivity contribution < 1.29 is 9.47 Å². The first-order valence-corrected chi connectivity index (χ1v) is 32.6. The van der Waals surface area contributed by atoms with E-state index in [4.69, 9.17) is 9.47 Å². The normalized spacial score (nSPS) is 15.5. The van der Waals surface area contributed by atoms with E-state index >= 15 is 0 Å². The average Bonchev–Trinajstić information content (AvgIpc) is 1.21. The summed E-state index contributed by atoms with van der Waals surface area (Å²) in [6.45, 7) is 8.33. The van der Waals surface area contributed by atoms with Crippen molar-refractivity contribution in [1.29, 1.82) is 0 Å². The molecule has 18 rings (SSSR count). The molecule has 2 fully saturated rings. The number of aromatic nitrogens is 1. The summed E-state index contributed by atoms with van der Waals surface area (Å²) in [5, 5.41) is 2.48. The minimum atomic E-state index is -0.187. The summed E-state index contributed by atoms with van der Waals surface area (Å²) in [6.07, 6.45) is 12.6. The van der Waals surface area contributed by atoms with Gasteiger partial charge in [0.25, 0.3) is 13.4 Å². The van der Waals surface area contributed by atoms with Gasteiger partial charge in [0.15, 0.2) is 0 Å². The topological polar surface area (TPSA) is 26.6 Å². The second-order valence-corrected chi connectivity index (χ2v) is 26.7. The van der Waals surface area contributed by atoms with Crippen molar-refractivity contribution >= 4 is 85.1 Å². The highest BCUT2D eigenvalue weighted by Gasteiger charge is 2.52. The van der Waals surface area contributed by atoms with Gasteiger partial charge in [0, 0.05) is 38.6 Å². The summed E-state index contributed by atoms with van der Waals surface area (Å²) >= 11 is 0. The largest absolute Gasteiger partial charge is 0.456 e. The van der Waals surface area contributed by atoms with Crippen LogP contribution in [0.5, 0.6) is 23.0 Å². The Morgan fingerprint density at radius 2 is 0.773 bits per heavy atom. The third-order valence-electron chi connectivity index (χ3n) is 21.2. The first-order valence-electron chi connectivity index (χ1n) is 32.6. The summed E-state index contributed by atoms with van der Waals surface area (Å²) < 4.78 is 18.7. The molecule has 0 unspecified atom stereocenters. The zero-order valence-electron chi connectivity index (χ0n) is 50.7. The van der Waals surface area contributed by atoms with E-state index in [0.717, 1.165) is 56.7 Å². The van der Waals surface area contributed by atoms with Gasteiger partial charge in [-0.05, 0) is 191 Å². The molecule has 0 saturated heterocycles. The summed E-state index contributed by atoms with van der Waals surface area (Å²) in [4.78, 5) is 2.56. The Balaban J connectivity index is 0.980. The summed E-state index contributed by atoms with van der Waals surface area (Å²) in [7, 11) is 0. The van der Waals surface area contributed by atoms with Gasteiger partial charge < -0.3 is 18.9 Å². The molecule has 88 heavy (non-hydrogen) atoms. The fourth-order valence-electron chi connectivity index (χ4n) is 16.6. The van der Waals surface area contributed by atoms with Gasteiger partial charge in [0.05, 0.1) is 16.9 Å². The van der Waals surface area contributed by atoms with E-state index < -0.39 is 0 Å². The number of hydrogen-bond acceptors (Lipinski definition) is 3. The third kappa shape index (κ3) is 8.13. The Labute approximate surface area is 517 Å². The molecule has 1 aromatic heterocycles. The predicted molar refractivity (Wildman–Crippen MR) is 370 cm³/mol. The lowest BCUT2D eigenvalue weighted by molar-refractivity contribution is 0.442. The van der Waals surface area contributed by atoms with Gasteiger partial charge in [0.1, 0.15) is 23.0 Å². The van der Waals surface area contributed by atoms with Crippen LogP contribution in [0.3, 0.4) is 0 Å². The molecule has 4 nitrogen and oxygen atoms in total. The van der Waals surface area contributed by atoms with Crippen LogP contribution < -0.4 is 47.2 Å². The zero-order valence-corrected chi connectivity index (χ0v) is 50.7. The van der Waals surface area contributed by atoms with Crippen LogP contribution >= 0.6 is 0 Å². The molecule has 0 amide bonds. The molecule has 0 spiro atoms. The van der Waals surface area contributed by atoms with Crippen LogP contribution in [0.15, 0.2) is 206 Å². The van der Waals surface area contributed by atoms with Crippen molar-refractivity contribution in [3.05, 3.63) is 240 Å². The number of benzene rings is 11. The standard InChI is InChI=1S/C82H68B2N2O2/c1-49-15-23-55(24-16-49)56-31-37-65(38-32-56)85-73-40-34-61(58-27-19-51(3)20-28-58)45-68(73)83-69-46-62(53-11-7-5-8-12-53)35-41-74(69)88-82-76(83)79(85)81-77-80(82)86-72-39-33-60(57-25-17-50(2)18-26-57)43-66(72)67-44-64(59-29-21-52(4)22-30-59)48-71(78(67)86)84(77)70-47-63(36-42-75(70)87-81)54-13-9-6-10-14-54/h15-48,53-54H,5-14H2,1-4H3. The van der Waals surface area contributed by atoms with Gasteiger partial charge in [-0.1, -0.05) is 219 Å². The Morgan fingerprint density at radius 3 is 1.32 bits per heavy atom. The Kier molecular flexibility index (Phi) is 11.9. The maximum Gasteiger partial charge on any atom is 0.256 e. The molecule has 2 saturated carbocycles. The fourth-order valence-corrected chi connectivity index (χ4v) is 16.6. The lowest BCUT2D eigenvalue weighted by Crippen LogP contribution is -2.63. The van der Waals surface area contributed by atoms with Crippen molar-refractivity contribution in [3.63, 3.8) is 0 Å². The minimum Gasteiger partial charge on any atom is -0.456 e. The number of anilines is 3. The maximum absolute atomic E-state index is 8.03. The molecule has 424 valence electrons. The number of ether oxygens (including phenoxy) is 2. The van der Waals surface area contributed by atoms with Crippen LogP contribution in [0.1, 0.15) is 109 Å². The average molecular weight is 1140 g/mol. The third-order valence-corrected chi connectivity index (χ3v) is 21.2. The second-order valence-electron chi connectivity index (χ2n) is 26.7. The highest BCUT2D eigenvalue weighted by molar-refractivity contribution is 7.02. The van der Waals surface area contributed by atoms with Crippen LogP contribution in [0.2, 0.25) is 0 Å². The molecule has 0 atom stereocenters. The quantitative estimate of drug-likeness (QED) is 0.149. The SMILES string of the molecule is Cc1ccc(-c2ccc(N3c4ccc(-c5ccc(C)cc5)cc4B4c5cc(C6CCCCC6)ccc5Oc5c4c3c3c4c5-n5c6ccc(-c7ccc(C)cc7)cc6c6cc(-c7ccc(C)cc7)cc(c65)B4c4cc(C5CCCCC5)ccc4O3)cc2)cc1. The number of rotatable bonds is 7. The summed E-state index contributed by atoms with van der Waals surface area (Å²) in [5.74, 6) is 4.72. The Bertz CT molecular complexity index is 4840. The number of nitrogens with zero attached hydrogens (tertiary/aromatic N) is 2. The molecule has 4 aliphatic heterocycles. The van der Waals surface area contributed by atoms with Gasteiger partial charge in [0.2, 0.25) is 0 Å². The molecule has 0 bridgehead atoms. The molecule has 0 N–H and O–H groups in total. The van der Waals surface area contributed by atoms with E-state index in [1.807, 2.05) is 0 Å². The predicted octanol–water partition coefficient (Wildman–Crippen LogP) is 18.1. The second kappa shape index (κ2) is 20.2. The first-order chi connectivity index (χ1) is 43.2. The van der Waals surface area contributed by atoms with E-state index in [-0.39, 0.29) is 13.4 Å². The van der Waals surface area contributed by atoms with Crippen LogP contribution in [0.25, 0.3) is 72.0 Å². The van der Waals surface area contributed by atoms with E-state index in [0.29, 0.717) is 11.8 Å². The number of aryl methyl sites for hydroxylation is 4. The molecular formula is C82H68B2N2O2. The van der Waals surface area contributed by atoms with Crippen molar-refractivity contribution in [3.8, 4) is 73.2 Å². The highest BCUT2D eigenvalue weighted by atomic mass is 16.5. The molecule has 5 heterocycles. The van der Waals surface area contributed by atoms with Crippen LogP contribution in [0.4, 0.5) is 17.1 Å². The van der Waals surface area contributed by atoms with Crippen LogP contribution in [-0.2, 0) is 0 Å². The van der Waals surface area contributed by atoms with Crippen molar-refractivity contribution in [2.24, 2.45) is 0 Å². The van der Waals surface area contributed by atoms with Crippen molar-refractivity contribution in [2.45, 2.75) is 104 Å². The Morgan fingerprint density at radius 1 is 0.352 bits per heavy atom. The molecule has 2 aliphatic carbocycles. The molecule has 0 radical (unpaired) electrons. The van der Waals surface area contributed by atoms with Gasteiger partial charge in [-0.2, -0.15) is 0 Å². The van der Waals surface area contributed by atoms with E-state index in [9.17, 15) is 0 Å². The van der Waals surface area contributed by atoms with Gasteiger partial charge in [-0.25, -0.2) is 0 Å². The first kappa shape index (κ1) is 51.9. The molecule has 12 aromatic rings. The number of hydrogen-bond donors (Lipinski definition) is 0. The van der Waals surface area contributed by atoms with Crippen molar-refractivity contribution in [1.82, 2.24) is 4.57 Å². The molecule has 6 aliphatic rings. The summed E-state index contributed by atoms with van der Waals surface area (Å²) in [5.41, 5.74) is 31.7. The fraction of sp³-hybridized carbons (Fsp3) is 0.195. The van der Waals surface area contributed by atoms with Crippen LogP contribution in [0, 0.1) is 27.7 Å². The van der Waals surface area contributed by atoms with Gasteiger partial charge in [-0.15, -0.1) is 0 Å². The van der Waals surface area contributed by atoms with Gasteiger partial charge >= 0.3 is 0 Å². The molecule has 11 aromatic carbocycles. The van der Waals surface area contributed by atoms with Crippen LogP contribution in [-0.4, -0.2) is 18.0 Å². The highest BCUT2D eigenvalue weighted by Crippen LogP contribution is 2.53. The van der Waals surface area contributed by atoms with Gasteiger partial charge in [-0.3, -0.25) is 0 Å². The Hall–Kier alpha value is -9.25. The molecular weight excluding hydrogens is 1070 g/mol. The van der Waals surface area contributed by atoms with E-state index in [2.05, 4.69) is 243 Å². The minimum absolute atomic E-state index is 0.185. The molecule has 6 heteroatoms. The number of fused-ring (bicyclic) bond motifs is 13. The lowest BCUT2D eigenvalue weighted by atomic mass is 9.31. The smallest absolute Gasteiger partial charge is 0.256 e.